The lowest BCUT2D eigenvalue weighted by Crippen LogP contribution is -2.51. The van der Waals surface area contributed by atoms with Crippen LogP contribution in [0.25, 0.3) is 0 Å². The molecule has 0 aromatic heterocycles. The van der Waals surface area contributed by atoms with E-state index in [1.807, 2.05) is 0 Å². The Balaban J connectivity index is 0.00000242. The second kappa shape index (κ2) is 8.01. The lowest BCUT2D eigenvalue weighted by Gasteiger charge is -2.39. The molecule has 1 saturated heterocycles. The lowest BCUT2D eigenvalue weighted by molar-refractivity contribution is -0.119. The topological polar surface area (TPSA) is 44.7 Å². The highest BCUT2D eigenvalue weighted by Crippen LogP contribution is 2.41. The van der Waals surface area contributed by atoms with Crippen LogP contribution in [0, 0.1) is 5.82 Å². The van der Waals surface area contributed by atoms with Gasteiger partial charge < -0.3 is 15.2 Å². The van der Waals surface area contributed by atoms with Crippen molar-refractivity contribution in [1.29, 1.82) is 0 Å². The van der Waals surface area contributed by atoms with E-state index in [0.29, 0.717) is 26.2 Å². The number of methoxy groups -OCH3 is 1. The zero-order valence-corrected chi connectivity index (χ0v) is 13.0. The number of aliphatic hydroxyl groups excluding tert-OH is 1. The summed E-state index contributed by atoms with van der Waals surface area (Å²) in [5, 5.41) is 12.1. The molecule has 0 radical (unpaired) electrons. The molecule has 2 N–H and O–H groups in total. The summed E-state index contributed by atoms with van der Waals surface area (Å²) in [6.45, 7) is 0.604. The van der Waals surface area contributed by atoms with E-state index in [2.05, 4.69) is 5.32 Å². The van der Waals surface area contributed by atoms with Crippen LogP contribution in [0.15, 0.2) is 18.2 Å². The summed E-state index contributed by atoms with van der Waals surface area (Å²) < 4.78 is 47.3. The van der Waals surface area contributed by atoms with Crippen molar-refractivity contribution in [1.82, 2.24) is 10.2 Å². The Bertz CT molecular complexity index is 485. The minimum atomic E-state index is -3.39. The van der Waals surface area contributed by atoms with Crippen LogP contribution in [-0.2, 0) is 0 Å². The van der Waals surface area contributed by atoms with Gasteiger partial charge in [0.2, 0.25) is 0 Å². The van der Waals surface area contributed by atoms with Crippen LogP contribution in [0.2, 0.25) is 0 Å². The molecule has 22 heavy (non-hydrogen) atoms. The van der Waals surface area contributed by atoms with Gasteiger partial charge in [-0.15, -0.1) is 12.4 Å². The molecule has 1 atom stereocenters. The number of halogens is 4. The molecule has 1 aromatic carbocycles. The summed E-state index contributed by atoms with van der Waals surface area (Å²) in [6.07, 6.45) is 0. The summed E-state index contributed by atoms with van der Waals surface area (Å²) in [7, 11) is 1.24. The van der Waals surface area contributed by atoms with Gasteiger partial charge in [0.1, 0.15) is 12.6 Å². The number of alkyl halides is 2. The van der Waals surface area contributed by atoms with E-state index in [0.717, 1.165) is 6.07 Å². The van der Waals surface area contributed by atoms with Crippen LogP contribution in [0.1, 0.15) is 11.6 Å². The molecule has 0 aliphatic carbocycles. The Hall–Kier alpha value is -1.02. The van der Waals surface area contributed by atoms with Crippen LogP contribution in [-0.4, -0.2) is 55.8 Å². The van der Waals surface area contributed by atoms with Crippen LogP contribution >= 0.6 is 12.4 Å². The molecule has 0 saturated carbocycles. The third kappa shape index (κ3) is 3.84. The average Bonchev–Trinajstić information content (AvgIpc) is 2.48. The number of rotatable bonds is 5. The number of nitrogens with one attached hydrogen (secondary N) is 1. The third-order valence-corrected chi connectivity index (χ3v) is 3.62. The highest BCUT2D eigenvalue weighted by Gasteiger charge is 2.45. The van der Waals surface area contributed by atoms with E-state index in [1.54, 1.807) is 4.90 Å². The normalized spacial score (nSPS) is 17.7. The zero-order valence-electron chi connectivity index (χ0n) is 12.2. The highest BCUT2D eigenvalue weighted by molar-refractivity contribution is 5.85. The fourth-order valence-electron chi connectivity index (χ4n) is 2.67. The Kier molecular flexibility index (Phi) is 6.93. The first-order valence-electron chi connectivity index (χ1n) is 6.77. The number of hydrogen-bond donors (Lipinski definition) is 2. The van der Waals surface area contributed by atoms with Gasteiger partial charge in [0.15, 0.2) is 11.6 Å². The van der Waals surface area contributed by atoms with Gasteiger partial charge in [-0.1, -0.05) is 12.1 Å². The van der Waals surface area contributed by atoms with E-state index >= 15 is 0 Å². The average molecular weight is 341 g/mol. The van der Waals surface area contributed by atoms with E-state index in [1.165, 1.54) is 19.2 Å². The molecule has 4 nitrogen and oxygen atoms in total. The van der Waals surface area contributed by atoms with Crippen molar-refractivity contribution >= 4 is 12.4 Å². The van der Waals surface area contributed by atoms with Gasteiger partial charge in [-0.05, 0) is 6.07 Å². The van der Waals surface area contributed by atoms with E-state index in [4.69, 9.17) is 9.84 Å². The number of ether oxygens (including phenoxy) is 1. The molecule has 1 heterocycles. The van der Waals surface area contributed by atoms with Crippen molar-refractivity contribution in [3.8, 4) is 5.75 Å². The van der Waals surface area contributed by atoms with E-state index < -0.39 is 24.4 Å². The van der Waals surface area contributed by atoms with Crippen molar-refractivity contribution in [2.24, 2.45) is 0 Å². The van der Waals surface area contributed by atoms with Gasteiger partial charge >= 0.3 is 0 Å². The molecule has 0 spiro atoms. The van der Waals surface area contributed by atoms with Crippen molar-refractivity contribution in [3.05, 3.63) is 29.6 Å². The summed E-state index contributed by atoms with van der Waals surface area (Å²) in [5.41, 5.74) is 0.0541. The Labute approximate surface area is 133 Å². The summed E-state index contributed by atoms with van der Waals surface area (Å²) in [5.74, 6) is -4.28. The minimum absolute atomic E-state index is 0. The van der Waals surface area contributed by atoms with Crippen molar-refractivity contribution in [2.75, 3.05) is 39.9 Å². The number of benzene rings is 1. The highest BCUT2D eigenvalue weighted by atomic mass is 35.5. The summed E-state index contributed by atoms with van der Waals surface area (Å²) in [6, 6.07) is 2.53. The predicted octanol–water partition coefficient (Wildman–Crippen LogP) is 1.83. The molecule has 0 unspecified atom stereocenters. The maximum absolute atomic E-state index is 14.2. The molecule has 1 fully saturated rings. The number of aliphatic hydroxyl groups is 1. The van der Waals surface area contributed by atoms with Gasteiger partial charge in [0.25, 0.3) is 5.92 Å². The van der Waals surface area contributed by atoms with Gasteiger partial charge in [-0.3, -0.25) is 4.90 Å². The zero-order chi connectivity index (χ0) is 15.5. The summed E-state index contributed by atoms with van der Waals surface area (Å²) >= 11 is 0. The molecule has 126 valence electrons. The molecule has 1 aliphatic rings. The fourth-order valence-corrected chi connectivity index (χ4v) is 2.67. The fraction of sp³-hybridized carbons (Fsp3) is 0.571. The first-order valence-corrected chi connectivity index (χ1v) is 6.77. The van der Waals surface area contributed by atoms with Crippen LogP contribution < -0.4 is 10.1 Å². The van der Waals surface area contributed by atoms with Gasteiger partial charge in [0.05, 0.1) is 7.11 Å². The van der Waals surface area contributed by atoms with Crippen molar-refractivity contribution < 1.29 is 23.0 Å². The molecule has 8 heteroatoms. The van der Waals surface area contributed by atoms with E-state index in [-0.39, 0.29) is 23.7 Å². The maximum atomic E-state index is 14.2. The summed E-state index contributed by atoms with van der Waals surface area (Å²) in [4.78, 5) is 1.55. The Morgan fingerprint density at radius 3 is 2.55 bits per heavy atom. The SMILES string of the molecule is COc1c(F)cccc1[C@@H](N1CCNCC1)C(F)(F)CO.Cl. The second-order valence-corrected chi connectivity index (χ2v) is 4.97. The molecule has 2 rings (SSSR count). The number of piperazine rings is 1. The van der Waals surface area contributed by atoms with Crippen LogP contribution in [0.4, 0.5) is 13.2 Å². The number of hydrogen-bond acceptors (Lipinski definition) is 4. The molecule has 0 amide bonds. The Morgan fingerprint density at radius 1 is 1.36 bits per heavy atom. The minimum Gasteiger partial charge on any atom is -0.493 e. The molecular formula is C14H20ClF3N2O2. The maximum Gasteiger partial charge on any atom is 0.290 e. The van der Waals surface area contributed by atoms with Gasteiger partial charge in [0, 0.05) is 31.7 Å². The van der Waals surface area contributed by atoms with Gasteiger partial charge in [-0.25, -0.2) is 13.2 Å². The lowest BCUT2D eigenvalue weighted by atomic mass is 9.97. The molecule has 0 bridgehead atoms. The van der Waals surface area contributed by atoms with E-state index in [9.17, 15) is 13.2 Å². The first-order chi connectivity index (χ1) is 10.0. The van der Waals surface area contributed by atoms with Crippen LogP contribution in [0.3, 0.4) is 0 Å². The van der Waals surface area contributed by atoms with Gasteiger partial charge in [-0.2, -0.15) is 0 Å². The smallest absolute Gasteiger partial charge is 0.290 e. The predicted molar refractivity (Wildman–Crippen MR) is 79.4 cm³/mol. The first kappa shape index (κ1) is 19.0. The standard InChI is InChI=1S/C14H19F3N2O2.ClH/c1-21-12-10(3-2-4-11(12)15)13(14(16,17)9-20)19-7-5-18-6-8-19;/h2-4,13,18,20H,5-9H2,1H3;1H/t13-;/m1./s1. The van der Waals surface area contributed by atoms with Crippen LogP contribution in [0.5, 0.6) is 5.75 Å². The molecular weight excluding hydrogens is 321 g/mol. The van der Waals surface area contributed by atoms with Crippen molar-refractivity contribution in [2.45, 2.75) is 12.0 Å². The quantitative estimate of drug-likeness (QED) is 0.858. The van der Waals surface area contributed by atoms with Crippen molar-refractivity contribution in [3.63, 3.8) is 0 Å². The molecule has 1 aliphatic heterocycles. The second-order valence-electron chi connectivity index (χ2n) is 4.97. The Morgan fingerprint density at radius 2 is 2.00 bits per heavy atom. The number of para-hydroxylation sites is 1. The number of nitrogens with zero attached hydrogens (tertiary/aromatic N) is 1. The third-order valence-electron chi connectivity index (χ3n) is 3.62. The molecule has 1 aromatic rings. The largest absolute Gasteiger partial charge is 0.493 e. The monoisotopic (exact) mass is 340 g/mol.